The van der Waals surface area contributed by atoms with Crippen molar-refractivity contribution >= 4 is 28.2 Å². The third-order valence-corrected chi connectivity index (χ3v) is 3.45. The minimum Gasteiger partial charge on any atom is -0.319 e. The number of aryl methyl sites for hydroxylation is 2. The highest BCUT2D eigenvalue weighted by atomic mass is 35.5. The monoisotopic (exact) mass is 261 g/mol. The molecule has 0 aliphatic rings. The number of hydrogen-bond donors (Lipinski definition) is 1. The molecule has 4 nitrogen and oxygen atoms in total. The average Bonchev–Trinajstić information content (AvgIpc) is 2.71. The molecule has 0 fully saturated rings. The Morgan fingerprint density at radius 3 is 2.78 bits per heavy atom. The Kier molecular flexibility index (Phi) is 2.41. The minimum atomic E-state index is -0.122. The molecular formula is C13H12ClN3O. The molecule has 1 aromatic carbocycles. The Balaban J connectivity index is 2.59. The number of hydrogen-bond acceptors (Lipinski definition) is 2. The summed E-state index contributed by atoms with van der Waals surface area (Å²) in [5, 5.41) is 4.29. The molecule has 0 radical (unpaired) electrons. The number of nitrogens with one attached hydrogen (secondary N) is 1. The molecule has 92 valence electrons. The van der Waals surface area contributed by atoms with Crippen LogP contribution in [0, 0.1) is 13.8 Å². The van der Waals surface area contributed by atoms with E-state index in [-0.39, 0.29) is 5.56 Å². The fourth-order valence-corrected chi connectivity index (χ4v) is 2.52. The van der Waals surface area contributed by atoms with Crippen LogP contribution in [-0.2, 0) is 5.88 Å². The number of aromatic amines is 1. The summed E-state index contributed by atoms with van der Waals surface area (Å²) in [7, 11) is 0. The van der Waals surface area contributed by atoms with Crippen molar-refractivity contribution in [2.24, 2.45) is 0 Å². The van der Waals surface area contributed by atoms with Crippen LogP contribution in [0.2, 0.25) is 0 Å². The molecule has 0 amide bonds. The van der Waals surface area contributed by atoms with E-state index >= 15 is 0 Å². The zero-order valence-electron chi connectivity index (χ0n) is 10.1. The fraction of sp³-hybridized carbons (Fsp3) is 0.231. The lowest BCUT2D eigenvalue weighted by Gasteiger charge is -2.07. The summed E-state index contributed by atoms with van der Waals surface area (Å²) in [5.41, 5.74) is 5.08. The first-order chi connectivity index (χ1) is 8.61. The van der Waals surface area contributed by atoms with Crippen molar-refractivity contribution in [2.75, 3.05) is 0 Å². The zero-order valence-corrected chi connectivity index (χ0v) is 10.9. The quantitative estimate of drug-likeness (QED) is 0.685. The van der Waals surface area contributed by atoms with E-state index in [1.54, 1.807) is 10.7 Å². The number of rotatable bonds is 1. The molecular weight excluding hydrogens is 250 g/mol. The Labute approximate surface area is 108 Å². The van der Waals surface area contributed by atoms with Crippen LogP contribution in [0.4, 0.5) is 0 Å². The van der Waals surface area contributed by atoms with Crippen molar-refractivity contribution in [1.29, 1.82) is 0 Å². The van der Waals surface area contributed by atoms with Crippen LogP contribution < -0.4 is 5.56 Å². The van der Waals surface area contributed by atoms with Gasteiger partial charge in [0.1, 0.15) is 5.52 Å². The number of alkyl halides is 1. The minimum absolute atomic E-state index is 0.122. The number of nitrogens with zero attached hydrogens (tertiary/aromatic N) is 2. The predicted molar refractivity (Wildman–Crippen MR) is 72.3 cm³/mol. The highest BCUT2D eigenvalue weighted by Gasteiger charge is 2.11. The maximum atomic E-state index is 12.0. The Morgan fingerprint density at radius 2 is 2.06 bits per heavy atom. The van der Waals surface area contributed by atoms with E-state index in [1.165, 1.54) is 0 Å². The smallest absolute Gasteiger partial charge is 0.274 e. The topological polar surface area (TPSA) is 50.2 Å². The van der Waals surface area contributed by atoms with Gasteiger partial charge >= 0.3 is 0 Å². The molecule has 0 aliphatic carbocycles. The van der Waals surface area contributed by atoms with Crippen LogP contribution in [0.15, 0.2) is 23.1 Å². The van der Waals surface area contributed by atoms with Gasteiger partial charge in [-0.2, -0.15) is 5.10 Å². The molecule has 2 aromatic heterocycles. The summed E-state index contributed by atoms with van der Waals surface area (Å²) in [6.45, 7) is 3.87. The van der Waals surface area contributed by atoms with Gasteiger partial charge in [-0.05, 0) is 31.0 Å². The van der Waals surface area contributed by atoms with E-state index in [0.717, 1.165) is 27.7 Å². The molecule has 18 heavy (non-hydrogen) atoms. The van der Waals surface area contributed by atoms with Crippen molar-refractivity contribution in [1.82, 2.24) is 14.6 Å². The number of H-pyrrole nitrogens is 1. The van der Waals surface area contributed by atoms with E-state index in [0.29, 0.717) is 11.4 Å². The van der Waals surface area contributed by atoms with Crippen molar-refractivity contribution in [3.05, 3.63) is 45.4 Å². The fourth-order valence-electron chi connectivity index (χ4n) is 2.36. The van der Waals surface area contributed by atoms with Crippen molar-refractivity contribution in [3.8, 4) is 0 Å². The molecule has 3 rings (SSSR count). The second-order valence-corrected chi connectivity index (χ2v) is 4.75. The maximum absolute atomic E-state index is 12.0. The molecule has 3 aromatic rings. The second-order valence-electron chi connectivity index (χ2n) is 4.48. The highest BCUT2D eigenvalue weighted by Crippen LogP contribution is 2.20. The van der Waals surface area contributed by atoms with E-state index in [4.69, 9.17) is 11.6 Å². The summed E-state index contributed by atoms with van der Waals surface area (Å²) in [4.78, 5) is 14.9. The van der Waals surface area contributed by atoms with Crippen molar-refractivity contribution in [2.45, 2.75) is 19.7 Å². The predicted octanol–water partition coefficient (Wildman–Crippen LogP) is 2.53. The highest BCUT2D eigenvalue weighted by molar-refractivity contribution is 6.17. The normalized spacial score (nSPS) is 11.5. The molecule has 0 saturated carbocycles. The van der Waals surface area contributed by atoms with Crippen LogP contribution in [0.25, 0.3) is 16.6 Å². The molecule has 0 unspecified atom stereocenters. The van der Waals surface area contributed by atoms with Crippen LogP contribution in [0.3, 0.4) is 0 Å². The van der Waals surface area contributed by atoms with Gasteiger partial charge in [0.25, 0.3) is 5.56 Å². The molecule has 5 heteroatoms. The van der Waals surface area contributed by atoms with Gasteiger partial charge in [0.2, 0.25) is 0 Å². The molecule has 0 spiro atoms. The maximum Gasteiger partial charge on any atom is 0.274 e. The number of aromatic nitrogens is 3. The summed E-state index contributed by atoms with van der Waals surface area (Å²) < 4.78 is 1.71. The first-order valence-corrected chi connectivity index (χ1v) is 6.21. The van der Waals surface area contributed by atoms with E-state index in [2.05, 4.69) is 10.1 Å². The van der Waals surface area contributed by atoms with Gasteiger partial charge in [-0.1, -0.05) is 6.07 Å². The number of fused-ring (bicyclic) bond motifs is 3. The van der Waals surface area contributed by atoms with Gasteiger partial charge in [-0.15, -0.1) is 11.6 Å². The molecule has 0 atom stereocenters. The number of halogens is 1. The van der Waals surface area contributed by atoms with Gasteiger partial charge < -0.3 is 4.98 Å². The lowest BCUT2D eigenvalue weighted by atomic mass is 10.1. The van der Waals surface area contributed by atoms with E-state index in [1.807, 2.05) is 26.0 Å². The van der Waals surface area contributed by atoms with Crippen molar-refractivity contribution < 1.29 is 0 Å². The van der Waals surface area contributed by atoms with Gasteiger partial charge in [0.05, 0.1) is 17.2 Å². The van der Waals surface area contributed by atoms with Crippen LogP contribution in [-0.4, -0.2) is 14.6 Å². The van der Waals surface area contributed by atoms with Crippen molar-refractivity contribution in [3.63, 3.8) is 0 Å². The largest absolute Gasteiger partial charge is 0.319 e. The third kappa shape index (κ3) is 1.46. The lowest BCUT2D eigenvalue weighted by molar-refractivity contribution is 0.980. The summed E-state index contributed by atoms with van der Waals surface area (Å²) >= 11 is 5.85. The van der Waals surface area contributed by atoms with Gasteiger partial charge in [-0.3, -0.25) is 4.79 Å². The summed E-state index contributed by atoms with van der Waals surface area (Å²) in [6.07, 6.45) is 1.71. The average molecular weight is 262 g/mol. The lowest BCUT2D eigenvalue weighted by Crippen LogP contribution is -2.12. The van der Waals surface area contributed by atoms with Crippen LogP contribution in [0.1, 0.15) is 16.7 Å². The van der Waals surface area contributed by atoms with Crippen LogP contribution >= 0.6 is 11.6 Å². The Hall–Kier alpha value is -1.81. The SMILES string of the molecule is Cc1cnn2c1c(=O)[nH]c1cc(CCl)cc(C)c12. The van der Waals surface area contributed by atoms with Gasteiger partial charge in [-0.25, -0.2) is 4.52 Å². The Morgan fingerprint density at radius 1 is 1.28 bits per heavy atom. The summed E-state index contributed by atoms with van der Waals surface area (Å²) in [5.74, 6) is 0.426. The first kappa shape index (κ1) is 11.3. The standard InChI is InChI=1S/C13H12ClN3O/c1-7-3-9(5-14)4-10-11(7)17-12(13(18)16-10)8(2)6-15-17/h3-4,6H,5H2,1-2H3,(H,16,18). The van der Waals surface area contributed by atoms with Crippen LogP contribution in [0.5, 0.6) is 0 Å². The van der Waals surface area contributed by atoms with Gasteiger partial charge in [0, 0.05) is 11.4 Å². The Bertz CT molecular complexity index is 816. The molecule has 0 saturated heterocycles. The zero-order chi connectivity index (χ0) is 12.9. The molecule has 1 N–H and O–H groups in total. The first-order valence-electron chi connectivity index (χ1n) is 5.67. The molecule has 0 aliphatic heterocycles. The van der Waals surface area contributed by atoms with Gasteiger partial charge in [0.15, 0.2) is 0 Å². The number of benzene rings is 1. The molecule has 0 bridgehead atoms. The van der Waals surface area contributed by atoms with E-state index < -0.39 is 0 Å². The third-order valence-electron chi connectivity index (χ3n) is 3.14. The molecule has 2 heterocycles. The second kappa shape index (κ2) is 3.85. The van der Waals surface area contributed by atoms with E-state index in [9.17, 15) is 4.79 Å². The summed E-state index contributed by atoms with van der Waals surface area (Å²) in [6, 6.07) is 3.91.